The molecule has 8 heteroatoms. The average molecular weight is 343 g/mol. The van der Waals surface area contributed by atoms with Crippen LogP contribution >= 0.6 is 0 Å². The van der Waals surface area contributed by atoms with Crippen molar-refractivity contribution in [1.29, 1.82) is 0 Å². The number of nitrogens with one attached hydrogen (secondary N) is 1. The molecule has 1 N–H and O–H groups in total. The molecule has 0 fully saturated rings. The summed E-state index contributed by atoms with van der Waals surface area (Å²) in [6, 6.07) is 7.08. The molecule has 130 valence electrons. The minimum Gasteiger partial charge on any atom is -0.495 e. The largest absolute Gasteiger partial charge is 0.495 e. The van der Waals surface area contributed by atoms with E-state index in [2.05, 4.69) is 5.32 Å². The molecule has 0 radical (unpaired) electrons. The molecular formula is C15H25N3O4S. The molecule has 0 saturated carbocycles. The molecule has 0 bridgehead atoms. The number of anilines is 1. The minimum absolute atomic E-state index is 0.0819. The van der Waals surface area contributed by atoms with Crippen LogP contribution in [-0.2, 0) is 14.8 Å². The first kappa shape index (κ1) is 19.4. The third-order valence-corrected chi connectivity index (χ3v) is 4.54. The molecule has 0 unspecified atom stereocenters. The number of rotatable bonds is 9. The van der Waals surface area contributed by atoms with Crippen LogP contribution in [0.3, 0.4) is 0 Å². The van der Waals surface area contributed by atoms with Crippen molar-refractivity contribution in [2.45, 2.75) is 6.42 Å². The highest BCUT2D eigenvalue weighted by Gasteiger charge is 2.18. The SMILES string of the molecule is COc1ccccc1NC(=O)CCN(CCN(C)C)S(C)(=O)=O. The fourth-order valence-corrected chi connectivity index (χ4v) is 2.78. The second-order valence-electron chi connectivity index (χ2n) is 5.46. The van der Waals surface area contributed by atoms with Gasteiger partial charge < -0.3 is 15.0 Å². The van der Waals surface area contributed by atoms with E-state index < -0.39 is 10.0 Å². The quantitative estimate of drug-likeness (QED) is 0.719. The number of hydrogen-bond acceptors (Lipinski definition) is 5. The lowest BCUT2D eigenvalue weighted by atomic mass is 10.3. The molecule has 0 saturated heterocycles. The molecule has 0 aliphatic heterocycles. The molecule has 7 nitrogen and oxygen atoms in total. The summed E-state index contributed by atoms with van der Waals surface area (Å²) in [5.41, 5.74) is 0.569. The van der Waals surface area contributed by atoms with Crippen LogP contribution in [0.4, 0.5) is 5.69 Å². The molecule has 1 aromatic rings. The minimum atomic E-state index is -3.34. The van der Waals surface area contributed by atoms with Gasteiger partial charge in [0.25, 0.3) is 0 Å². The smallest absolute Gasteiger partial charge is 0.225 e. The molecule has 0 spiro atoms. The molecule has 0 heterocycles. The van der Waals surface area contributed by atoms with Gasteiger partial charge in [-0.2, -0.15) is 0 Å². The van der Waals surface area contributed by atoms with Crippen molar-refractivity contribution >= 4 is 21.6 Å². The van der Waals surface area contributed by atoms with E-state index >= 15 is 0 Å². The van der Waals surface area contributed by atoms with Crippen LogP contribution in [0, 0.1) is 0 Å². The van der Waals surface area contributed by atoms with Gasteiger partial charge in [-0.25, -0.2) is 12.7 Å². The van der Waals surface area contributed by atoms with Gasteiger partial charge in [0.2, 0.25) is 15.9 Å². The number of ether oxygens (including phenoxy) is 1. The van der Waals surface area contributed by atoms with Crippen molar-refractivity contribution < 1.29 is 17.9 Å². The summed E-state index contributed by atoms with van der Waals surface area (Å²) < 4.78 is 30.0. The monoisotopic (exact) mass is 343 g/mol. The molecule has 0 atom stereocenters. The lowest BCUT2D eigenvalue weighted by Gasteiger charge is -2.21. The zero-order valence-corrected chi connectivity index (χ0v) is 14.9. The number of hydrogen-bond donors (Lipinski definition) is 1. The number of carbonyl (C=O) groups is 1. The van der Waals surface area contributed by atoms with Gasteiger partial charge in [-0.05, 0) is 26.2 Å². The first-order valence-electron chi connectivity index (χ1n) is 7.26. The Labute approximate surface area is 138 Å². The maximum atomic E-state index is 12.1. The first-order valence-corrected chi connectivity index (χ1v) is 9.11. The number of benzene rings is 1. The van der Waals surface area contributed by atoms with E-state index in [-0.39, 0.29) is 18.9 Å². The summed E-state index contributed by atoms with van der Waals surface area (Å²) >= 11 is 0. The van der Waals surface area contributed by atoms with Crippen LogP contribution in [-0.4, -0.2) is 70.6 Å². The number of nitrogens with zero attached hydrogens (tertiary/aromatic N) is 2. The summed E-state index contributed by atoms with van der Waals surface area (Å²) in [6.07, 6.45) is 1.24. The van der Waals surface area contributed by atoms with Gasteiger partial charge in [0.05, 0.1) is 19.1 Å². The van der Waals surface area contributed by atoms with Gasteiger partial charge in [-0.15, -0.1) is 0 Å². The molecule has 23 heavy (non-hydrogen) atoms. The summed E-state index contributed by atoms with van der Waals surface area (Å²) in [5, 5.41) is 2.74. The van der Waals surface area contributed by atoms with E-state index in [1.54, 1.807) is 24.3 Å². The fraction of sp³-hybridized carbons (Fsp3) is 0.533. The van der Waals surface area contributed by atoms with Crippen LogP contribution in [0.2, 0.25) is 0 Å². The maximum Gasteiger partial charge on any atom is 0.225 e. The Morgan fingerprint density at radius 1 is 1.17 bits per heavy atom. The van der Waals surface area contributed by atoms with Gasteiger partial charge in [0, 0.05) is 26.1 Å². The predicted molar refractivity (Wildman–Crippen MR) is 91.2 cm³/mol. The highest BCUT2D eigenvalue weighted by molar-refractivity contribution is 7.88. The third kappa shape index (κ3) is 6.98. The maximum absolute atomic E-state index is 12.1. The van der Waals surface area contributed by atoms with Crippen LogP contribution < -0.4 is 10.1 Å². The van der Waals surface area contributed by atoms with Gasteiger partial charge in [-0.1, -0.05) is 12.1 Å². The lowest BCUT2D eigenvalue weighted by molar-refractivity contribution is -0.116. The van der Waals surface area contributed by atoms with Crippen molar-refractivity contribution in [3.63, 3.8) is 0 Å². The molecule has 1 amide bonds. The molecule has 1 aromatic carbocycles. The number of para-hydroxylation sites is 2. The van der Waals surface area contributed by atoms with Crippen molar-refractivity contribution in [3.8, 4) is 5.75 Å². The van der Waals surface area contributed by atoms with Gasteiger partial charge >= 0.3 is 0 Å². The standard InChI is InChI=1S/C15H25N3O4S/c1-17(2)11-12-18(23(4,20)21)10-9-15(19)16-13-7-5-6-8-14(13)22-3/h5-8H,9-12H2,1-4H3,(H,16,19). The number of sulfonamides is 1. The van der Waals surface area contributed by atoms with Crippen LogP contribution in [0.25, 0.3) is 0 Å². The Kier molecular flexibility index (Phi) is 7.47. The van der Waals surface area contributed by atoms with E-state index in [9.17, 15) is 13.2 Å². The fourth-order valence-electron chi connectivity index (χ4n) is 1.94. The number of carbonyl (C=O) groups excluding carboxylic acids is 1. The Bertz CT molecular complexity index is 617. The number of methoxy groups -OCH3 is 1. The van der Waals surface area contributed by atoms with Crippen LogP contribution in [0.15, 0.2) is 24.3 Å². The number of likely N-dealkylation sites (N-methyl/N-ethyl adjacent to an activating group) is 1. The topological polar surface area (TPSA) is 79.0 Å². The normalized spacial score (nSPS) is 11.7. The highest BCUT2D eigenvalue weighted by atomic mass is 32.2. The summed E-state index contributed by atoms with van der Waals surface area (Å²) in [5.74, 6) is 0.307. The van der Waals surface area contributed by atoms with Crippen molar-refractivity contribution in [2.75, 3.05) is 52.4 Å². The first-order chi connectivity index (χ1) is 10.7. The molecule has 0 aliphatic rings. The average Bonchev–Trinajstić information content (AvgIpc) is 2.46. The van der Waals surface area contributed by atoms with Gasteiger partial charge in [0.15, 0.2) is 0 Å². The van der Waals surface area contributed by atoms with Gasteiger partial charge in [-0.3, -0.25) is 4.79 Å². The predicted octanol–water partition coefficient (Wildman–Crippen LogP) is 0.847. The summed E-state index contributed by atoms with van der Waals surface area (Å²) in [7, 11) is 1.93. The Hall–Kier alpha value is -1.64. The van der Waals surface area contributed by atoms with E-state index in [1.165, 1.54) is 11.4 Å². The number of amides is 1. The van der Waals surface area contributed by atoms with E-state index in [4.69, 9.17) is 4.74 Å². The van der Waals surface area contributed by atoms with E-state index in [0.717, 1.165) is 6.26 Å². The zero-order chi connectivity index (χ0) is 17.5. The third-order valence-electron chi connectivity index (χ3n) is 3.23. The van der Waals surface area contributed by atoms with Crippen molar-refractivity contribution in [2.24, 2.45) is 0 Å². The Balaban J connectivity index is 2.61. The van der Waals surface area contributed by atoms with E-state index in [0.29, 0.717) is 24.5 Å². The second kappa shape index (κ2) is 8.85. The van der Waals surface area contributed by atoms with Crippen LogP contribution in [0.5, 0.6) is 5.75 Å². The molecular weight excluding hydrogens is 318 g/mol. The van der Waals surface area contributed by atoms with Crippen molar-refractivity contribution in [1.82, 2.24) is 9.21 Å². The van der Waals surface area contributed by atoms with Crippen LogP contribution in [0.1, 0.15) is 6.42 Å². The summed E-state index contributed by atoms with van der Waals surface area (Å²) in [6.45, 7) is 1.10. The van der Waals surface area contributed by atoms with Gasteiger partial charge in [0.1, 0.15) is 5.75 Å². The lowest BCUT2D eigenvalue weighted by Crippen LogP contribution is -2.37. The van der Waals surface area contributed by atoms with E-state index in [1.807, 2.05) is 19.0 Å². The Morgan fingerprint density at radius 3 is 2.39 bits per heavy atom. The highest BCUT2D eigenvalue weighted by Crippen LogP contribution is 2.23. The molecule has 1 rings (SSSR count). The molecule has 0 aliphatic carbocycles. The Morgan fingerprint density at radius 2 is 1.83 bits per heavy atom. The summed E-state index contributed by atoms with van der Waals surface area (Å²) in [4.78, 5) is 13.9. The molecule has 0 aromatic heterocycles. The zero-order valence-electron chi connectivity index (χ0n) is 14.1. The second-order valence-corrected chi connectivity index (χ2v) is 7.45. The van der Waals surface area contributed by atoms with Crippen molar-refractivity contribution in [3.05, 3.63) is 24.3 Å².